The average molecular weight is 415 g/mol. The van der Waals surface area contributed by atoms with Gasteiger partial charge < -0.3 is 10.2 Å². The quantitative estimate of drug-likeness (QED) is 0.224. The molecule has 3 nitrogen and oxygen atoms in total. The molecule has 0 spiro atoms. The van der Waals surface area contributed by atoms with Crippen molar-refractivity contribution >= 4 is 53.0 Å². The monoisotopic (exact) mass is 416 g/mol. The van der Waals surface area contributed by atoms with Crippen LogP contribution in [-0.4, -0.2) is 69.4 Å². The highest BCUT2D eigenvalue weighted by Gasteiger charge is 2.11. The van der Waals surface area contributed by atoms with Gasteiger partial charge in [-0.25, -0.2) is 0 Å². The molecule has 2 N–H and O–H groups in total. The van der Waals surface area contributed by atoms with Crippen LogP contribution in [0.1, 0.15) is 51.9 Å². The van der Waals surface area contributed by atoms with Crippen molar-refractivity contribution in [3.8, 4) is 0 Å². The normalized spacial score (nSPS) is 15.8. The van der Waals surface area contributed by atoms with E-state index in [9.17, 15) is 9.90 Å². The summed E-state index contributed by atoms with van der Waals surface area (Å²) in [7, 11) is 12.8. The van der Waals surface area contributed by atoms with Gasteiger partial charge in [0.1, 0.15) is 47.1 Å². The number of aliphatic hydroxyl groups excluding tert-OH is 1. The van der Waals surface area contributed by atoms with Gasteiger partial charge in [0.05, 0.1) is 6.10 Å². The van der Waals surface area contributed by atoms with E-state index in [1.807, 2.05) is 32.2 Å². The van der Waals surface area contributed by atoms with Gasteiger partial charge in [-0.2, -0.15) is 0 Å². The topological polar surface area (TPSA) is 57.5 Å². The second-order valence-electron chi connectivity index (χ2n) is 8.24. The van der Waals surface area contributed by atoms with E-state index in [4.69, 9.17) is 5.11 Å². The minimum absolute atomic E-state index is 0.165. The van der Waals surface area contributed by atoms with Gasteiger partial charge in [0, 0.05) is 6.42 Å². The Morgan fingerprint density at radius 2 is 1.32 bits per heavy atom. The molecule has 0 fully saturated rings. The molecule has 0 saturated heterocycles. The first-order valence-electron chi connectivity index (χ1n) is 11.5. The molecule has 162 valence electrons. The molecule has 0 aliphatic rings. The Balaban J connectivity index is 5.00. The zero-order chi connectivity index (χ0) is 23.8. The minimum Gasteiger partial charge on any atom is -0.481 e. The van der Waals surface area contributed by atoms with E-state index in [-0.39, 0.29) is 6.42 Å². The molecule has 0 unspecified atom stereocenters. The molecule has 0 aromatic carbocycles. The van der Waals surface area contributed by atoms with Crippen LogP contribution in [0.2, 0.25) is 0 Å². The smallest absolute Gasteiger partial charge is 0.303 e. The van der Waals surface area contributed by atoms with Gasteiger partial charge in [0.15, 0.2) is 0 Å². The van der Waals surface area contributed by atoms with Crippen molar-refractivity contribution in [2.24, 2.45) is 0 Å². The SMILES string of the molecule is BC(=C(B)/C(B)=C(\B)[C@@H](O)C/C=C\C/C=C\CCC(=O)O)/C(B)=C(\B)CC/C=C\CC. The number of hydrogen-bond donors (Lipinski definition) is 2. The predicted octanol–water partition coefficient (Wildman–Crippen LogP) is -0.715. The third-order valence-corrected chi connectivity index (χ3v) is 6.00. The molecule has 1 atom stereocenters. The lowest BCUT2D eigenvalue weighted by Gasteiger charge is -2.19. The minimum atomic E-state index is -0.773. The van der Waals surface area contributed by atoms with Crippen molar-refractivity contribution in [1.29, 1.82) is 0 Å². The van der Waals surface area contributed by atoms with Gasteiger partial charge in [-0.15, -0.1) is 27.4 Å². The van der Waals surface area contributed by atoms with E-state index in [1.54, 1.807) is 0 Å². The Morgan fingerprint density at radius 1 is 0.774 bits per heavy atom. The lowest BCUT2D eigenvalue weighted by Crippen LogP contribution is -2.14. The van der Waals surface area contributed by atoms with Gasteiger partial charge in [-0.3, -0.25) is 4.79 Å². The molecule has 0 aromatic heterocycles. The van der Waals surface area contributed by atoms with Crippen LogP contribution >= 0.6 is 0 Å². The van der Waals surface area contributed by atoms with Crippen LogP contribution < -0.4 is 0 Å². The van der Waals surface area contributed by atoms with Gasteiger partial charge in [-0.1, -0.05) is 48.9 Å². The number of aliphatic hydroxyl groups is 1. The summed E-state index contributed by atoms with van der Waals surface area (Å²) in [5.41, 5.74) is 7.47. The van der Waals surface area contributed by atoms with Gasteiger partial charge >= 0.3 is 5.97 Å². The summed E-state index contributed by atoms with van der Waals surface area (Å²) in [5, 5.41) is 19.2. The van der Waals surface area contributed by atoms with E-state index in [0.717, 1.165) is 36.6 Å². The van der Waals surface area contributed by atoms with Crippen LogP contribution in [0.4, 0.5) is 0 Å². The number of allylic oxidation sites excluding steroid dienone is 10. The summed E-state index contributed by atoms with van der Waals surface area (Å²) in [4.78, 5) is 10.5. The van der Waals surface area contributed by atoms with E-state index < -0.39 is 12.1 Å². The fraction of sp³-hybridized carbons (Fsp3) is 0.409. The molecule has 0 heterocycles. The Morgan fingerprint density at radius 3 is 1.94 bits per heavy atom. The maximum absolute atomic E-state index is 10.6. The van der Waals surface area contributed by atoms with Crippen LogP contribution in [0.5, 0.6) is 0 Å². The van der Waals surface area contributed by atoms with Crippen LogP contribution in [0.15, 0.2) is 69.3 Å². The second kappa shape index (κ2) is 16.9. The Kier molecular flexibility index (Phi) is 15.9. The highest BCUT2D eigenvalue weighted by atomic mass is 16.4. The molecule has 0 aliphatic heterocycles. The Hall–Kier alpha value is -1.74. The fourth-order valence-electron chi connectivity index (χ4n) is 3.20. The third kappa shape index (κ3) is 12.6. The van der Waals surface area contributed by atoms with E-state index in [1.165, 1.54) is 21.9 Å². The van der Waals surface area contributed by atoms with Gasteiger partial charge in [0.2, 0.25) is 0 Å². The number of carboxylic acids is 1. The van der Waals surface area contributed by atoms with Gasteiger partial charge in [0.25, 0.3) is 0 Å². The second-order valence-corrected chi connectivity index (χ2v) is 8.24. The predicted molar refractivity (Wildman–Crippen MR) is 151 cm³/mol. The van der Waals surface area contributed by atoms with Crippen molar-refractivity contribution in [2.75, 3.05) is 0 Å². The first-order chi connectivity index (χ1) is 14.6. The van der Waals surface area contributed by atoms with E-state index in [0.29, 0.717) is 12.8 Å². The number of rotatable bonds is 14. The molecule has 0 saturated carbocycles. The summed E-state index contributed by atoms with van der Waals surface area (Å²) in [6.07, 6.45) is 17.1. The van der Waals surface area contributed by atoms with Crippen molar-refractivity contribution in [3.63, 3.8) is 0 Å². The Labute approximate surface area is 195 Å². The Bertz CT molecular complexity index is 763. The molecule has 0 aromatic rings. The molecular weight excluding hydrogens is 377 g/mol. The molecule has 31 heavy (non-hydrogen) atoms. The van der Waals surface area contributed by atoms with Crippen LogP contribution in [0.25, 0.3) is 0 Å². The molecule has 9 heteroatoms. The largest absolute Gasteiger partial charge is 0.481 e. The van der Waals surface area contributed by atoms with Crippen molar-refractivity contribution in [1.82, 2.24) is 0 Å². The maximum atomic E-state index is 10.6. The average Bonchev–Trinajstić information content (AvgIpc) is 2.75. The van der Waals surface area contributed by atoms with Crippen molar-refractivity contribution < 1.29 is 15.0 Å². The number of hydrogen-bond acceptors (Lipinski definition) is 2. The summed E-state index contributed by atoms with van der Waals surface area (Å²) in [6, 6.07) is 0. The highest BCUT2D eigenvalue weighted by Crippen LogP contribution is 2.20. The number of carboxylic acid groups (broad SMARTS) is 1. The third-order valence-electron chi connectivity index (χ3n) is 6.00. The van der Waals surface area contributed by atoms with Crippen LogP contribution in [0, 0.1) is 0 Å². The standard InChI is InChI=1S/C22H38B6O3/c1-2-3-4-9-12-15(23)18(24)20(26)22(28)21(27)19(25)16(29)13-10-7-5-6-8-11-14-17(30)31/h3-4,6-8,10,16,29H,2,5,9,11-14,23-28H2,1H3,(H,30,31)/b4-3-,8-6-,10-7-,18-15+,21-19+,22-20-/t16-/m0/s1. The molecule has 0 radical (unpaired) electrons. The van der Waals surface area contributed by atoms with Crippen LogP contribution in [-0.2, 0) is 4.79 Å². The molecule has 0 aliphatic carbocycles. The van der Waals surface area contributed by atoms with E-state index in [2.05, 4.69) is 58.3 Å². The summed E-state index contributed by atoms with van der Waals surface area (Å²) >= 11 is 0. The number of carbonyl (C=O) groups is 1. The number of aliphatic carboxylic acids is 1. The molecule has 0 amide bonds. The van der Waals surface area contributed by atoms with Gasteiger partial charge in [-0.05, 0) is 38.5 Å². The lowest BCUT2D eigenvalue weighted by molar-refractivity contribution is -0.136. The van der Waals surface area contributed by atoms with Crippen molar-refractivity contribution in [3.05, 3.63) is 69.3 Å². The van der Waals surface area contributed by atoms with E-state index >= 15 is 0 Å². The zero-order valence-electron chi connectivity index (χ0n) is 20.8. The van der Waals surface area contributed by atoms with Crippen LogP contribution in [0.3, 0.4) is 0 Å². The van der Waals surface area contributed by atoms with Crippen molar-refractivity contribution in [2.45, 2.75) is 58.0 Å². The molecule has 0 rings (SSSR count). The first-order valence-corrected chi connectivity index (χ1v) is 11.5. The summed E-state index contributed by atoms with van der Waals surface area (Å²) < 4.78 is 0. The fourth-order valence-corrected chi connectivity index (χ4v) is 3.20. The summed E-state index contributed by atoms with van der Waals surface area (Å²) in [6.45, 7) is 2.16. The highest BCUT2D eigenvalue weighted by molar-refractivity contribution is 6.48. The summed E-state index contributed by atoms with van der Waals surface area (Å²) in [5.74, 6) is -0.773. The lowest BCUT2D eigenvalue weighted by atomic mass is 9.59. The zero-order valence-corrected chi connectivity index (χ0v) is 20.8. The molecular formula is C22H38B6O3. The molecule has 0 bridgehead atoms. The first kappa shape index (κ1) is 29.3. The maximum Gasteiger partial charge on any atom is 0.303 e.